The second-order valence-corrected chi connectivity index (χ2v) is 5.97. The zero-order valence-electron chi connectivity index (χ0n) is 9.25. The number of fused-ring (bicyclic) bond motifs is 3. The number of thiazole rings is 1. The van der Waals surface area contributed by atoms with Crippen molar-refractivity contribution in [2.24, 2.45) is 0 Å². The third kappa shape index (κ3) is 1.77. The molecule has 0 bridgehead atoms. The molecule has 1 aromatic carbocycles. The summed E-state index contributed by atoms with van der Waals surface area (Å²) in [5, 5.41) is 8.90. The molecule has 18 heavy (non-hydrogen) atoms. The summed E-state index contributed by atoms with van der Waals surface area (Å²) < 4.78 is 1.36. The number of carbonyl (C=O) groups is 1. The Labute approximate surface area is 111 Å². The van der Waals surface area contributed by atoms with E-state index in [1.807, 2.05) is 24.3 Å². The van der Waals surface area contributed by atoms with Gasteiger partial charge in [0, 0.05) is 21.1 Å². The third-order valence-electron chi connectivity index (χ3n) is 2.76. The van der Waals surface area contributed by atoms with Gasteiger partial charge in [0.2, 0.25) is 0 Å². The number of nitrogens with zero attached hydrogens (tertiary/aromatic N) is 1. The molecule has 0 unspecified atom stereocenters. The summed E-state index contributed by atoms with van der Waals surface area (Å²) in [6, 6.07) is 7.78. The van der Waals surface area contributed by atoms with E-state index in [1.54, 1.807) is 11.8 Å². The number of aliphatic carboxylic acids is 1. The van der Waals surface area contributed by atoms with E-state index < -0.39 is 5.97 Å². The minimum atomic E-state index is -0.992. The average molecular weight is 279 g/mol. The lowest BCUT2D eigenvalue weighted by molar-refractivity contribution is -0.137. The molecule has 0 fully saturated rings. The van der Waals surface area contributed by atoms with Crippen LogP contribution in [0.3, 0.4) is 0 Å². The van der Waals surface area contributed by atoms with Crippen LogP contribution in [0, 0.1) is 0 Å². The number of benzene rings is 1. The Hall–Kier alpha value is -1.53. The van der Waals surface area contributed by atoms with E-state index in [1.165, 1.54) is 4.57 Å². The number of thioether (sulfide) groups is 1. The molecule has 1 aliphatic heterocycles. The summed E-state index contributed by atoms with van der Waals surface area (Å²) >= 11 is 2.83. The first kappa shape index (κ1) is 11.6. The van der Waals surface area contributed by atoms with E-state index in [2.05, 4.69) is 0 Å². The van der Waals surface area contributed by atoms with Crippen LogP contribution in [0.4, 0.5) is 0 Å². The molecule has 1 aliphatic rings. The highest BCUT2D eigenvalue weighted by molar-refractivity contribution is 7.98. The van der Waals surface area contributed by atoms with Crippen LogP contribution in [0.25, 0.3) is 11.3 Å². The largest absolute Gasteiger partial charge is 0.480 e. The monoisotopic (exact) mass is 279 g/mol. The average Bonchev–Trinajstić information content (AvgIpc) is 2.66. The Morgan fingerprint density at radius 3 is 2.94 bits per heavy atom. The van der Waals surface area contributed by atoms with Gasteiger partial charge >= 0.3 is 10.8 Å². The van der Waals surface area contributed by atoms with E-state index >= 15 is 0 Å². The van der Waals surface area contributed by atoms with Crippen molar-refractivity contribution in [3.8, 4) is 11.3 Å². The molecule has 0 spiro atoms. The second-order valence-electron chi connectivity index (χ2n) is 3.90. The van der Waals surface area contributed by atoms with E-state index in [4.69, 9.17) is 5.11 Å². The molecule has 1 aromatic heterocycles. The fourth-order valence-electron chi connectivity index (χ4n) is 2.05. The van der Waals surface area contributed by atoms with Crippen molar-refractivity contribution in [2.75, 3.05) is 0 Å². The first-order valence-electron chi connectivity index (χ1n) is 5.33. The van der Waals surface area contributed by atoms with Crippen LogP contribution >= 0.6 is 23.1 Å². The summed E-state index contributed by atoms with van der Waals surface area (Å²) in [6.07, 6.45) is 0. The molecular formula is C12H9NO3S2. The maximum Gasteiger partial charge on any atom is 0.323 e. The Morgan fingerprint density at radius 2 is 2.17 bits per heavy atom. The van der Waals surface area contributed by atoms with Gasteiger partial charge < -0.3 is 5.11 Å². The molecule has 0 saturated heterocycles. The van der Waals surface area contributed by atoms with Crippen LogP contribution in [0.1, 0.15) is 4.88 Å². The van der Waals surface area contributed by atoms with Crippen molar-refractivity contribution in [1.82, 2.24) is 4.57 Å². The van der Waals surface area contributed by atoms with E-state index in [9.17, 15) is 9.59 Å². The summed E-state index contributed by atoms with van der Waals surface area (Å²) in [4.78, 5) is 24.6. The molecule has 0 saturated carbocycles. The quantitative estimate of drug-likeness (QED) is 0.916. The summed E-state index contributed by atoms with van der Waals surface area (Å²) in [6.45, 7) is -0.274. The van der Waals surface area contributed by atoms with Crippen molar-refractivity contribution in [3.63, 3.8) is 0 Å². The standard InChI is InChI=1S/C12H9NO3S2/c14-10(15)5-13-11-7-3-1-2-4-8(7)17-6-9(11)18-12(13)16/h1-4H,5-6H2,(H,14,15). The van der Waals surface area contributed by atoms with Crippen LogP contribution in [0.5, 0.6) is 0 Å². The lowest BCUT2D eigenvalue weighted by Gasteiger charge is -2.17. The van der Waals surface area contributed by atoms with Gasteiger partial charge in [0.1, 0.15) is 6.54 Å². The van der Waals surface area contributed by atoms with Gasteiger partial charge in [-0.2, -0.15) is 0 Å². The normalized spacial score (nSPS) is 12.9. The van der Waals surface area contributed by atoms with Gasteiger partial charge in [-0.05, 0) is 6.07 Å². The van der Waals surface area contributed by atoms with Gasteiger partial charge in [-0.1, -0.05) is 29.5 Å². The molecule has 0 aliphatic carbocycles. The topological polar surface area (TPSA) is 59.3 Å². The van der Waals surface area contributed by atoms with E-state index in [-0.39, 0.29) is 11.4 Å². The predicted molar refractivity (Wildman–Crippen MR) is 71.2 cm³/mol. The highest BCUT2D eigenvalue weighted by atomic mass is 32.2. The van der Waals surface area contributed by atoms with Crippen molar-refractivity contribution < 1.29 is 9.90 Å². The predicted octanol–water partition coefficient (Wildman–Crippen LogP) is 2.27. The molecule has 2 heterocycles. The molecule has 1 N–H and O–H groups in total. The molecule has 0 atom stereocenters. The second kappa shape index (κ2) is 4.29. The van der Waals surface area contributed by atoms with Crippen LogP contribution < -0.4 is 4.87 Å². The fourth-order valence-corrected chi connectivity index (χ4v) is 4.18. The van der Waals surface area contributed by atoms with Crippen LogP contribution in [0.15, 0.2) is 34.0 Å². The summed E-state index contributed by atoms with van der Waals surface area (Å²) in [5.74, 6) is -0.257. The molecule has 6 heteroatoms. The lowest BCUT2D eigenvalue weighted by Crippen LogP contribution is -2.20. The van der Waals surface area contributed by atoms with Gasteiger partial charge in [-0.15, -0.1) is 11.8 Å². The van der Waals surface area contributed by atoms with Gasteiger partial charge in [0.25, 0.3) is 0 Å². The molecule has 3 rings (SSSR count). The van der Waals surface area contributed by atoms with E-state index in [0.717, 1.165) is 38.1 Å². The highest BCUT2D eigenvalue weighted by Crippen LogP contribution is 2.42. The number of hydrogen-bond donors (Lipinski definition) is 1. The summed E-state index contributed by atoms with van der Waals surface area (Å²) in [7, 11) is 0. The first-order chi connectivity index (χ1) is 8.66. The Bertz CT molecular complexity index is 687. The first-order valence-corrected chi connectivity index (χ1v) is 7.13. The minimum Gasteiger partial charge on any atom is -0.480 e. The Balaban J connectivity index is 2.25. The lowest BCUT2D eigenvalue weighted by atomic mass is 10.1. The van der Waals surface area contributed by atoms with Crippen LogP contribution in [-0.4, -0.2) is 15.6 Å². The number of aromatic nitrogens is 1. The number of carboxylic acids is 1. The van der Waals surface area contributed by atoms with Gasteiger partial charge in [0.05, 0.1) is 5.69 Å². The molecule has 92 valence electrons. The summed E-state index contributed by atoms with van der Waals surface area (Å²) in [5.41, 5.74) is 1.74. The maximum absolute atomic E-state index is 11.9. The van der Waals surface area contributed by atoms with Crippen LogP contribution in [0.2, 0.25) is 0 Å². The highest BCUT2D eigenvalue weighted by Gasteiger charge is 2.24. The molecule has 4 nitrogen and oxygen atoms in total. The SMILES string of the molecule is O=C(O)Cn1c2c(sc1=O)CSc1ccccc1-2. The maximum atomic E-state index is 11.9. The minimum absolute atomic E-state index is 0.195. The van der Waals surface area contributed by atoms with Gasteiger partial charge in [-0.3, -0.25) is 14.2 Å². The van der Waals surface area contributed by atoms with Crippen molar-refractivity contribution >= 4 is 29.1 Å². The Kier molecular flexibility index (Phi) is 2.76. The number of hydrogen-bond acceptors (Lipinski definition) is 4. The van der Waals surface area contributed by atoms with E-state index in [0.29, 0.717) is 0 Å². The molecular weight excluding hydrogens is 270 g/mol. The molecule has 2 aromatic rings. The molecule has 0 radical (unpaired) electrons. The smallest absolute Gasteiger partial charge is 0.323 e. The van der Waals surface area contributed by atoms with Gasteiger partial charge in [-0.25, -0.2) is 0 Å². The van der Waals surface area contributed by atoms with Gasteiger partial charge in [0.15, 0.2) is 0 Å². The number of rotatable bonds is 2. The fraction of sp³-hybridized carbons (Fsp3) is 0.167. The van der Waals surface area contributed by atoms with Crippen molar-refractivity contribution in [1.29, 1.82) is 0 Å². The van der Waals surface area contributed by atoms with Crippen molar-refractivity contribution in [2.45, 2.75) is 17.2 Å². The zero-order chi connectivity index (χ0) is 12.7. The molecule has 0 amide bonds. The Morgan fingerprint density at radius 1 is 1.39 bits per heavy atom. The number of carboxylic acid groups (broad SMARTS) is 1. The third-order valence-corrected chi connectivity index (χ3v) is 5.02. The van der Waals surface area contributed by atoms with Crippen LogP contribution in [-0.2, 0) is 17.1 Å². The zero-order valence-corrected chi connectivity index (χ0v) is 10.9. The van der Waals surface area contributed by atoms with Crippen molar-refractivity contribution in [3.05, 3.63) is 38.8 Å².